The van der Waals surface area contributed by atoms with Crippen molar-refractivity contribution in [1.29, 1.82) is 0 Å². The van der Waals surface area contributed by atoms with Crippen LogP contribution < -0.4 is 16.4 Å². The fourth-order valence-electron chi connectivity index (χ4n) is 2.38. The highest BCUT2D eigenvalue weighted by molar-refractivity contribution is 5.92. The van der Waals surface area contributed by atoms with Crippen molar-refractivity contribution in [2.75, 3.05) is 10.6 Å². The summed E-state index contributed by atoms with van der Waals surface area (Å²) in [5.41, 5.74) is 9.97. The summed E-state index contributed by atoms with van der Waals surface area (Å²) in [6, 6.07) is 15.8. The molecular weight excluding hydrogens is 312 g/mol. The zero-order valence-corrected chi connectivity index (χ0v) is 14.9. The summed E-state index contributed by atoms with van der Waals surface area (Å²) < 4.78 is 0. The van der Waals surface area contributed by atoms with E-state index >= 15 is 0 Å². The number of rotatable bonds is 7. The lowest BCUT2D eigenvalue weighted by Crippen LogP contribution is -2.22. The van der Waals surface area contributed by atoms with Crippen molar-refractivity contribution in [1.82, 2.24) is 0 Å². The molecule has 0 bridgehead atoms. The van der Waals surface area contributed by atoms with Crippen LogP contribution in [0.2, 0.25) is 0 Å². The van der Waals surface area contributed by atoms with Crippen LogP contribution in [-0.4, -0.2) is 11.9 Å². The van der Waals surface area contributed by atoms with E-state index in [9.17, 15) is 4.79 Å². The first kappa shape index (κ1) is 18.5. The zero-order valence-electron chi connectivity index (χ0n) is 14.9. The average molecular weight is 338 g/mol. The predicted octanol–water partition coefficient (Wildman–Crippen LogP) is 3.91. The van der Waals surface area contributed by atoms with E-state index in [0.29, 0.717) is 18.9 Å². The highest BCUT2D eigenvalue weighted by Gasteiger charge is 2.01. The van der Waals surface area contributed by atoms with Crippen LogP contribution in [0.15, 0.2) is 53.5 Å². The van der Waals surface area contributed by atoms with Crippen LogP contribution in [0, 0.1) is 0 Å². The Balaban J connectivity index is 1.90. The van der Waals surface area contributed by atoms with Gasteiger partial charge in [0.1, 0.15) is 0 Å². The number of aliphatic imine (C=N–C) groups is 1. The molecule has 0 radical (unpaired) electrons. The number of nitrogens with two attached hydrogens (primary N) is 1. The van der Waals surface area contributed by atoms with Crippen LogP contribution >= 0.6 is 0 Å². The maximum atomic E-state index is 11.6. The van der Waals surface area contributed by atoms with Gasteiger partial charge < -0.3 is 16.4 Å². The Labute approximate surface area is 149 Å². The standard InChI is InChI=1S/C20H26N4O/c1-3-6-19(25)23-17-11-9-16(10-12-17)14-22-20(21)24-18-8-5-7-15(4-2)13-18/h5,7-13H,3-4,6,14H2,1-2H3,(H,23,25)(H3,21,22,24). The molecule has 0 aliphatic carbocycles. The van der Waals surface area contributed by atoms with E-state index in [4.69, 9.17) is 5.73 Å². The van der Waals surface area contributed by atoms with Crippen molar-refractivity contribution >= 4 is 23.2 Å². The lowest BCUT2D eigenvalue weighted by atomic mass is 10.1. The Morgan fingerprint density at radius 3 is 2.44 bits per heavy atom. The van der Waals surface area contributed by atoms with Gasteiger partial charge in [0.25, 0.3) is 0 Å². The lowest BCUT2D eigenvalue weighted by Gasteiger charge is -2.08. The summed E-state index contributed by atoms with van der Waals surface area (Å²) in [7, 11) is 0. The number of benzene rings is 2. The minimum atomic E-state index is 0.0380. The quantitative estimate of drug-likeness (QED) is 0.529. The first-order valence-electron chi connectivity index (χ1n) is 8.65. The summed E-state index contributed by atoms with van der Waals surface area (Å²) in [5, 5.41) is 5.98. The third-order valence-electron chi connectivity index (χ3n) is 3.75. The van der Waals surface area contributed by atoms with Gasteiger partial charge in [-0.15, -0.1) is 0 Å². The van der Waals surface area contributed by atoms with Crippen LogP contribution in [-0.2, 0) is 17.8 Å². The second-order valence-corrected chi connectivity index (χ2v) is 5.88. The maximum Gasteiger partial charge on any atom is 0.224 e. The Hall–Kier alpha value is -2.82. The van der Waals surface area contributed by atoms with Crippen molar-refractivity contribution < 1.29 is 4.79 Å². The van der Waals surface area contributed by atoms with Crippen LogP contribution in [0.4, 0.5) is 11.4 Å². The van der Waals surface area contributed by atoms with Gasteiger partial charge in [-0.2, -0.15) is 0 Å². The molecule has 0 heterocycles. The van der Waals surface area contributed by atoms with E-state index in [1.807, 2.05) is 43.3 Å². The first-order chi connectivity index (χ1) is 12.1. The number of amides is 1. The molecule has 4 N–H and O–H groups in total. The molecule has 0 fully saturated rings. The van der Waals surface area contributed by atoms with Crippen LogP contribution in [0.3, 0.4) is 0 Å². The van der Waals surface area contributed by atoms with Crippen LogP contribution in [0.5, 0.6) is 0 Å². The molecule has 2 rings (SSSR count). The van der Waals surface area contributed by atoms with Crippen molar-refractivity contribution in [2.24, 2.45) is 10.7 Å². The molecule has 2 aromatic rings. The molecule has 0 aromatic heterocycles. The van der Waals surface area contributed by atoms with E-state index < -0.39 is 0 Å². The van der Waals surface area contributed by atoms with E-state index in [0.717, 1.165) is 29.8 Å². The number of carbonyl (C=O) groups excluding carboxylic acids is 1. The third kappa shape index (κ3) is 6.30. The fraction of sp³-hybridized carbons (Fsp3) is 0.300. The fourth-order valence-corrected chi connectivity index (χ4v) is 2.38. The second-order valence-electron chi connectivity index (χ2n) is 5.88. The molecule has 0 aliphatic heterocycles. The number of anilines is 2. The third-order valence-corrected chi connectivity index (χ3v) is 3.75. The Morgan fingerprint density at radius 1 is 1.00 bits per heavy atom. The number of nitrogens with one attached hydrogen (secondary N) is 2. The van der Waals surface area contributed by atoms with Gasteiger partial charge in [0, 0.05) is 17.8 Å². The smallest absolute Gasteiger partial charge is 0.224 e. The van der Waals surface area contributed by atoms with Gasteiger partial charge in [-0.3, -0.25) is 4.79 Å². The number of carbonyl (C=O) groups is 1. The Morgan fingerprint density at radius 2 is 1.76 bits per heavy atom. The molecule has 5 heteroatoms. The topological polar surface area (TPSA) is 79.5 Å². The van der Waals surface area contributed by atoms with Crippen LogP contribution in [0.1, 0.15) is 37.8 Å². The van der Waals surface area contributed by atoms with Gasteiger partial charge >= 0.3 is 0 Å². The van der Waals surface area contributed by atoms with Gasteiger partial charge in [-0.05, 0) is 48.2 Å². The molecule has 1 amide bonds. The molecule has 0 saturated heterocycles. The molecule has 0 spiro atoms. The summed E-state index contributed by atoms with van der Waals surface area (Å²) >= 11 is 0. The summed E-state index contributed by atoms with van der Waals surface area (Å²) in [6.45, 7) is 4.58. The minimum Gasteiger partial charge on any atom is -0.370 e. The van der Waals surface area contributed by atoms with Gasteiger partial charge in [0.05, 0.1) is 6.54 Å². The lowest BCUT2D eigenvalue weighted by molar-refractivity contribution is -0.116. The van der Waals surface area contributed by atoms with Gasteiger partial charge in [-0.25, -0.2) is 4.99 Å². The van der Waals surface area contributed by atoms with Gasteiger partial charge in [0.2, 0.25) is 5.91 Å². The van der Waals surface area contributed by atoms with Crippen LogP contribution in [0.25, 0.3) is 0 Å². The molecule has 0 unspecified atom stereocenters. The molecular formula is C20H26N4O. The summed E-state index contributed by atoms with van der Waals surface area (Å²) in [6.07, 6.45) is 2.35. The SMILES string of the molecule is CCCC(=O)Nc1ccc(CN=C(N)Nc2cccc(CC)c2)cc1. The van der Waals surface area contributed by atoms with Crippen molar-refractivity contribution in [3.8, 4) is 0 Å². The predicted molar refractivity (Wildman–Crippen MR) is 105 cm³/mol. The van der Waals surface area contributed by atoms with E-state index in [1.54, 1.807) is 0 Å². The highest BCUT2D eigenvalue weighted by Crippen LogP contribution is 2.12. The number of nitrogens with zero attached hydrogens (tertiary/aromatic N) is 1. The van der Waals surface area contributed by atoms with E-state index in [1.165, 1.54) is 5.56 Å². The first-order valence-corrected chi connectivity index (χ1v) is 8.65. The number of aryl methyl sites for hydroxylation is 1. The molecule has 0 atom stereocenters. The summed E-state index contributed by atoms with van der Waals surface area (Å²) in [5.74, 6) is 0.421. The zero-order chi connectivity index (χ0) is 18.1. The number of hydrogen-bond acceptors (Lipinski definition) is 2. The van der Waals surface area contributed by atoms with Gasteiger partial charge in [0.15, 0.2) is 5.96 Å². The molecule has 25 heavy (non-hydrogen) atoms. The molecule has 0 aliphatic rings. The van der Waals surface area contributed by atoms with E-state index in [-0.39, 0.29) is 5.91 Å². The number of hydrogen-bond donors (Lipinski definition) is 3. The number of guanidine groups is 1. The summed E-state index contributed by atoms with van der Waals surface area (Å²) in [4.78, 5) is 15.9. The van der Waals surface area contributed by atoms with E-state index in [2.05, 4.69) is 34.7 Å². The molecule has 5 nitrogen and oxygen atoms in total. The monoisotopic (exact) mass is 338 g/mol. The van der Waals surface area contributed by atoms with Gasteiger partial charge in [-0.1, -0.05) is 38.1 Å². The second kappa shape index (κ2) is 9.47. The van der Waals surface area contributed by atoms with Crippen molar-refractivity contribution in [3.63, 3.8) is 0 Å². The normalized spacial score (nSPS) is 11.2. The maximum absolute atomic E-state index is 11.6. The highest BCUT2D eigenvalue weighted by atomic mass is 16.1. The molecule has 2 aromatic carbocycles. The molecule has 0 saturated carbocycles. The van der Waals surface area contributed by atoms with Crippen molar-refractivity contribution in [2.45, 2.75) is 39.7 Å². The average Bonchev–Trinajstić information content (AvgIpc) is 2.61. The Bertz CT molecular complexity index is 723. The Kier molecular flexibility index (Phi) is 7.01. The molecule has 132 valence electrons. The minimum absolute atomic E-state index is 0.0380. The van der Waals surface area contributed by atoms with Crippen molar-refractivity contribution in [3.05, 3.63) is 59.7 Å². The largest absolute Gasteiger partial charge is 0.370 e.